The van der Waals surface area contributed by atoms with Gasteiger partial charge in [0.15, 0.2) is 0 Å². The number of hydrogen-bond acceptors (Lipinski definition) is 0. The lowest BCUT2D eigenvalue weighted by Crippen LogP contribution is -2.30. The van der Waals surface area contributed by atoms with Crippen LogP contribution in [-0.2, 0) is 0 Å². The summed E-state index contributed by atoms with van der Waals surface area (Å²) in [7, 11) is 0. The summed E-state index contributed by atoms with van der Waals surface area (Å²) >= 11 is 0. The molecule has 1 atom stereocenters. The van der Waals surface area contributed by atoms with Gasteiger partial charge in [0.25, 0.3) is 0 Å². The lowest BCUT2D eigenvalue weighted by atomic mass is 9.60. The van der Waals surface area contributed by atoms with Gasteiger partial charge in [0, 0.05) is 11.8 Å². The average Bonchev–Trinajstić information content (AvgIpc) is 2.82. The Labute approximate surface area is 185 Å². The first kappa shape index (κ1) is 19.6. The van der Waals surface area contributed by atoms with Crippen LogP contribution < -0.4 is 0 Å². The normalized spacial score (nSPS) is 17.1. The second kappa shape index (κ2) is 8.04. The van der Waals surface area contributed by atoms with Crippen LogP contribution in [0, 0.1) is 5.41 Å². The number of benzene rings is 4. The average molecular weight is 401 g/mol. The van der Waals surface area contributed by atoms with Crippen molar-refractivity contribution in [3.8, 4) is 0 Å². The Kier molecular flexibility index (Phi) is 5.08. The van der Waals surface area contributed by atoms with Crippen molar-refractivity contribution >= 4 is 5.57 Å². The fourth-order valence-electron chi connectivity index (χ4n) is 5.32. The second-order valence-corrected chi connectivity index (χ2v) is 9.11. The molecular formula is C31H28. The third-order valence-electron chi connectivity index (χ3n) is 6.64. The summed E-state index contributed by atoms with van der Waals surface area (Å²) in [6, 6.07) is 41.8. The fourth-order valence-corrected chi connectivity index (χ4v) is 5.32. The highest BCUT2D eigenvalue weighted by Crippen LogP contribution is 2.55. The Morgan fingerprint density at radius 3 is 1.65 bits per heavy atom. The zero-order valence-corrected chi connectivity index (χ0v) is 18.2. The Morgan fingerprint density at radius 2 is 1.06 bits per heavy atom. The molecule has 152 valence electrons. The molecule has 0 bridgehead atoms. The molecule has 0 aromatic heterocycles. The molecule has 1 aliphatic carbocycles. The SMILES string of the molecule is CC1(C)C=C(c2ccccc2)c2ccccc2C1C(c1ccccc1)c1ccccc1. The van der Waals surface area contributed by atoms with Crippen LogP contribution in [0.1, 0.15) is 53.5 Å². The zero-order valence-electron chi connectivity index (χ0n) is 18.2. The largest absolute Gasteiger partial charge is 0.0697 e. The van der Waals surface area contributed by atoms with Gasteiger partial charge < -0.3 is 0 Å². The highest BCUT2D eigenvalue weighted by molar-refractivity contribution is 5.84. The van der Waals surface area contributed by atoms with Gasteiger partial charge in [-0.15, -0.1) is 0 Å². The lowest BCUT2D eigenvalue weighted by molar-refractivity contribution is 0.338. The molecule has 0 saturated heterocycles. The predicted octanol–water partition coefficient (Wildman–Crippen LogP) is 8.07. The van der Waals surface area contributed by atoms with Crippen LogP contribution in [0.3, 0.4) is 0 Å². The number of fused-ring (bicyclic) bond motifs is 1. The molecule has 0 aliphatic heterocycles. The highest BCUT2D eigenvalue weighted by atomic mass is 14.4. The van der Waals surface area contributed by atoms with Crippen LogP contribution in [0.2, 0.25) is 0 Å². The van der Waals surface area contributed by atoms with Gasteiger partial charge in [0.2, 0.25) is 0 Å². The van der Waals surface area contributed by atoms with Crippen LogP contribution >= 0.6 is 0 Å². The standard InChI is InChI=1S/C31H28/c1-31(2)22-28(23-14-6-3-7-15-23)26-20-12-13-21-27(26)30(31)29(24-16-8-4-9-17-24)25-18-10-5-11-19-25/h3-22,29-30H,1-2H3. The fraction of sp³-hybridized carbons (Fsp3) is 0.161. The van der Waals surface area contributed by atoms with Gasteiger partial charge in [-0.2, -0.15) is 0 Å². The van der Waals surface area contributed by atoms with Crippen LogP contribution in [0.15, 0.2) is 121 Å². The van der Waals surface area contributed by atoms with Crippen LogP contribution in [-0.4, -0.2) is 0 Å². The van der Waals surface area contributed by atoms with Crippen molar-refractivity contribution in [2.75, 3.05) is 0 Å². The van der Waals surface area contributed by atoms with E-state index in [1.54, 1.807) is 0 Å². The van der Waals surface area contributed by atoms with E-state index in [4.69, 9.17) is 0 Å². The van der Waals surface area contributed by atoms with E-state index < -0.39 is 0 Å². The lowest BCUT2D eigenvalue weighted by Gasteiger charge is -2.43. The summed E-state index contributed by atoms with van der Waals surface area (Å²) in [4.78, 5) is 0. The quantitative estimate of drug-likeness (QED) is 0.325. The first-order valence-electron chi connectivity index (χ1n) is 11.1. The maximum atomic E-state index is 2.51. The van der Waals surface area contributed by atoms with E-state index in [1.807, 2.05) is 0 Å². The molecule has 0 heteroatoms. The van der Waals surface area contributed by atoms with Crippen molar-refractivity contribution < 1.29 is 0 Å². The molecule has 0 amide bonds. The van der Waals surface area contributed by atoms with Gasteiger partial charge in [-0.05, 0) is 38.8 Å². The monoisotopic (exact) mass is 400 g/mol. The molecule has 0 spiro atoms. The van der Waals surface area contributed by atoms with Crippen molar-refractivity contribution in [3.63, 3.8) is 0 Å². The number of hydrogen-bond donors (Lipinski definition) is 0. The van der Waals surface area contributed by atoms with E-state index in [1.165, 1.54) is 33.4 Å². The first-order valence-corrected chi connectivity index (χ1v) is 11.1. The van der Waals surface area contributed by atoms with Gasteiger partial charge in [-0.3, -0.25) is 0 Å². The molecule has 31 heavy (non-hydrogen) atoms. The molecule has 1 unspecified atom stereocenters. The smallest absolute Gasteiger partial charge is 0.0166 e. The summed E-state index contributed by atoms with van der Waals surface area (Å²) in [6.45, 7) is 4.80. The third kappa shape index (κ3) is 3.64. The Bertz CT molecular complexity index is 1150. The topological polar surface area (TPSA) is 0 Å². The summed E-state index contributed by atoms with van der Waals surface area (Å²) in [5.74, 6) is 0.619. The van der Waals surface area contributed by atoms with Crippen molar-refractivity contribution in [1.82, 2.24) is 0 Å². The van der Waals surface area contributed by atoms with Crippen molar-refractivity contribution in [2.45, 2.75) is 25.7 Å². The van der Waals surface area contributed by atoms with Gasteiger partial charge in [-0.1, -0.05) is 135 Å². The molecule has 4 aromatic carbocycles. The molecule has 0 radical (unpaired) electrons. The van der Waals surface area contributed by atoms with E-state index in [9.17, 15) is 0 Å². The van der Waals surface area contributed by atoms with Gasteiger partial charge >= 0.3 is 0 Å². The minimum atomic E-state index is -0.0180. The Morgan fingerprint density at radius 1 is 0.581 bits per heavy atom. The van der Waals surface area contributed by atoms with Crippen molar-refractivity contribution in [2.24, 2.45) is 5.41 Å². The molecule has 0 nitrogen and oxygen atoms in total. The van der Waals surface area contributed by atoms with Gasteiger partial charge in [0.05, 0.1) is 0 Å². The molecule has 0 fully saturated rings. The minimum Gasteiger partial charge on any atom is -0.0697 e. The van der Waals surface area contributed by atoms with Crippen LogP contribution in [0.5, 0.6) is 0 Å². The van der Waals surface area contributed by atoms with Crippen molar-refractivity contribution in [1.29, 1.82) is 0 Å². The minimum absolute atomic E-state index is 0.0180. The molecule has 0 N–H and O–H groups in total. The number of rotatable bonds is 4. The number of allylic oxidation sites excluding steroid dienone is 1. The summed E-state index contributed by atoms with van der Waals surface area (Å²) in [5, 5.41) is 0. The summed E-state index contributed by atoms with van der Waals surface area (Å²) < 4.78 is 0. The van der Waals surface area contributed by atoms with Gasteiger partial charge in [-0.25, -0.2) is 0 Å². The maximum Gasteiger partial charge on any atom is 0.0166 e. The first-order chi connectivity index (χ1) is 15.1. The van der Waals surface area contributed by atoms with Crippen LogP contribution in [0.4, 0.5) is 0 Å². The van der Waals surface area contributed by atoms with E-state index in [0.29, 0.717) is 5.92 Å². The van der Waals surface area contributed by atoms with E-state index >= 15 is 0 Å². The molecule has 4 aromatic rings. The maximum absolute atomic E-state index is 2.51. The Balaban J connectivity index is 1.74. The molecule has 5 rings (SSSR count). The Hall–Kier alpha value is -3.38. The van der Waals surface area contributed by atoms with Gasteiger partial charge in [0.1, 0.15) is 0 Å². The van der Waals surface area contributed by atoms with E-state index in [2.05, 4.69) is 135 Å². The highest BCUT2D eigenvalue weighted by Gasteiger charge is 2.41. The molecular weight excluding hydrogens is 372 g/mol. The third-order valence-corrected chi connectivity index (χ3v) is 6.64. The molecule has 0 saturated carbocycles. The van der Waals surface area contributed by atoms with E-state index in [-0.39, 0.29) is 11.3 Å². The molecule has 0 heterocycles. The molecule has 1 aliphatic rings. The summed E-state index contributed by atoms with van der Waals surface area (Å²) in [5.41, 5.74) is 8.16. The van der Waals surface area contributed by atoms with Crippen LogP contribution in [0.25, 0.3) is 5.57 Å². The summed E-state index contributed by atoms with van der Waals surface area (Å²) in [6.07, 6.45) is 2.51. The predicted molar refractivity (Wildman–Crippen MR) is 131 cm³/mol. The van der Waals surface area contributed by atoms with E-state index in [0.717, 1.165) is 0 Å². The van der Waals surface area contributed by atoms with Crippen molar-refractivity contribution in [3.05, 3.63) is 149 Å². The zero-order chi connectivity index (χ0) is 21.3. The second-order valence-electron chi connectivity index (χ2n) is 9.11.